The standard InChI is InChI=1S/C11H14F3N3O5.C6H12O4/c12-11(13,14)7-5-8(17-10(15)16-7)22-4-3-20-1-2-21-6-9(18)19;7-3-5-6(9)4(8)1-2-10-5/h5H,1-4,6H2,(H,18,19)(H2,15,16,17);4-9H,1-3H2. The van der Waals surface area contributed by atoms with Crippen LogP contribution in [0.25, 0.3) is 0 Å². The van der Waals surface area contributed by atoms with Crippen molar-refractivity contribution in [1.82, 2.24) is 9.97 Å². The van der Waals surface area contributed by atoms with Crippen LogP contribution in [-0.4, -0.2) is 101 Å². The van der Waals surface area contributed by atoms with Crippen molar-refractivity contribution in [3.05, 3.63) is 11.8 Å². The number of aliphatic hydroxyl groups excluding tert-OH is 3. The summed E-state index contributed by atoms with van der Waals surface area (Å²) < 4.78 is 57.1. The number of nitrogens with two attached hydrogens (primary N) is 1. The first-order valence-electron chi connectivity index (χ1n) is 9.35. The van der Waals surface area contributed by atoms with E-state index >= 15 is 0 Å². The number of carbonyl (C=O) groups is 1. The number of alkyl halides is 3. The van der Waals surface area contributed by atoms with Gasteiger partial charge in [-0.25, -0.2) is 9.78 Å². The van der Waals surface area contributed by atoms with Crippen LogP contribution >= 0.6 is 0 Å². The van der Waals surface area contributed by atoms with Crippen molar-refractivity contribution < 1.29 is 57.3 Å². The third-order valence-corrected chi connectivity index (χ3v) is 3.79. The van der Waals surface area contributed by atoms with Crippen LogP contribution in [0.5, 0.6) is 5.88 Å². The van der Waals surface area contributed by atoms with E-state index in [0.717, 1.165) is 0 Å². The molecular weight excluding hydrogens is 447 g/mol. The van der Waals surface area contributed by atoms with E-state index in [4.69, 9.17) is 45.1 Å². The first kappa shape index (κ1) is 27.7. The summed E-state index contributed by atoms with van der Waals surface area (Å²) in [5.41, 5.74) is 3.97. The Morgan fingerprint density at radius 1 is 1.19 bits per heavy atom. The molecule has 0 aliphatic carbocycles. The predicted molar refractivity (Wildman–Crippen MR) is 99.7 cm³/mol. The fourth-order valence-electron chi connectivity index (χ4n) is 2.26. The number of halogens is 3. The normalized spacial score (nSPS) is 20.9. The minimum absolute atomic E-state index is 0.0572. The van der Waals surface area contributed by atoms with Gasteiger partial charge in [-0.3, -0.25) is 0 Å². The number of carboxylic acids is 1. The summed E-state index contributed by atoms with van der Waals surface area (Å²) >= 11 is 0. The fourth-order valence-corrected chi connectivity index (χ4v) is 2.26. The molecule has 1 aliphatic rings. The monoisotopic (exact) mass is 473 g/mol. The SMILES string of the molecule is Nc1nc(OCCOCCOCC(=O)O)cc(C(F)(F)F)n1.OCC1OCCC(O)C1O. The van der Waals surface area contributed by atoms with Gasteiger partial charge in [-0.2, -0.15) is 18.2 Å². The molecular formula is C17H26F3N3O9. The smallest absolute Gasteiger partial charge is 0.433 e. The lowest BCUT2D eigenvalue weighted by Gasteiger charge is -2.30. The van der Waals surface area contributed by atoms with Crippen molar-refractivity contribution in [3.8, 4) is 5.88 Å². The van der Waals surface area contributed by atoms with Gasteiger partial charge < -0.3 is 45.1 Å². The van der Waals surface area contributed by atoms with Gasteiger partial charge in [0.05, 0.1) is 32.5 Å². The molecule has 0 spiro atoms. The zero-order chi connectivity index (χ0) is 24.1. The van der Waals surface area contributed by atoms with Crippen molar-refractivity contribution in [2.75, 3.05) is 52.0 Å². The largest absolute Gasteiger partial charge is 0.480 e. The Labute approximate surface area is 180 Å². The number of aromatic nitrogens is 2. The highest BCUT2D eigenvalue weighted by atomic mass is 19.4. The summed E-state index contributed by atoms with van der Waals surface area (Å²) in [6, 6.07) is 0.631. The minimum Gasteiger partial charge on any atom is -0.480 e. The van der Waals surface area contributed by atoms with Gasteiger partial charge in [0.15, 0.2) is 5.69 Å². The fraction of sp³-hybridized carbons (Fsp3) is 0.706. The van der Waals surface area contributed by atoms with E-state index in [1.54, 1.807) is 0 Å². The molecule has 0 amide bonds. The second-order valence-corrected chi connectivity index (χ2v) is 6.29. The summed E-state index contributed by atoms with van der Waals surface area (Å²) in [5.74, 6) is -1.96. The highest BCUT2D eigenvalue weighted by Gasteiger charge is 2.34. The molecule has 15 heteroatoms. The molecule has 32 heavy (non-hydrogen) atoms. The van der Waals surface area contributed by atoms with Gasteiger partial charge in [0, 0.05) is 12.7 Å². The van der Waals surface area contributed by atoms with E-state index in [-0.39, 0.29) is 38.9 Å². The number of anilines is 1. The maximum atomic E-state index is 12.5. The van der Waals surface area contributed by atoms with Crippen molar-refractivity contribution in [3.63, 3.8) is 0 Å². The third kappa shape index (κ3) is 10.8. The van der Waals surface area contributed by atoms with Crippen LogP contribution in [0.15, 0.2) is 6.07 Å². The molecule has 2 heterocycles. The van der Waals surface area contributed by atoms with Crippen LogP contribution in [0.4, 0.5) is 19.1 Å². The van der Waals surface area contributed by atoms with Crippen molar-refractivity contribution in [2.24, 2.45) is 0 Å². The average Bonchev–Trinajstić information content (AvgIpc) is 2.71. The lowest BCUT2D eigenvalue weighted by Crippen LogP contribution is -2.46. The molecule has 3 unspecified atom stereocenters. The van der Waals surface area contributed by atoms with Gasteiger partial charge in [0.1, 0.15) is 25.4 Å². The number of ether oxygens (including phenoxy) is 4. The van der Waals surface area contributed by atoms with E-state index in [1.807, 2.05) is 0 Å². The summed E-state index contributed by atoms with van der Waals surface area (Å²) in [6.45, 7) is -0.0718. The Balaban J connectivity index is 0.000000425. The number of hydrogen-bond donors (Lipinski definition) is 5. The average molecular weight is 473 g/mol. The summed E-state index contributed by atoms with van der Waals surface area (Å²) in [6.07, 6.45) is -6.49. The van der Waals surface area contributed by atoms with E-state index in [9.17, 15) is 18.0 Å². The Kier molecular flexibility index (Phi) is 12.1. The molecule has 1 saturated heterocycles. The summed E-state index contributed by atoms with van der Waals surface area (Å²) in [5, 5.41) is 35.0. The molecule has 0 saturated carbocycles. The molecule has 0 bridgehead atoms. The van der Waals surface area contributed by atoms with Gasteiger partial charge in [0.2, 0.25) is 11.8 Å². The van der Waals surface area contributed by atoms with E-state index < -0.39 is 48.7 Å². The molecule has 1 fully saturated rings. The van der Waals surface area contributed by atoms with Gasteiger partial charge in [0.25, 0.3) is 0 Å². The molecule has 2 rings (SSSR count). The van der Waals surface area contributed by atoms with Crippen LogP contribution in [0, 0.1) is 0 Å². The molecule has 0 aromatic carbocycles. The highest BCUT2D eigenvalue weighted by molar-refractivity contribution is 5.67. The maximum Gasteiger partial charge on any atom is 0.433 e. The number of hydrogen-bond acceptors (Lipinski definition) is 11. The number of aliphatic hydroxyl groups is 3. The van der Waals surface area contributed by atoms with Crippen molar-refractivity contribution in [2.45, 2.75) is 30.9 Å². The number of aliphatic carboxylic acids is 1. The van der Waals surface area contributed by atoms with E-state index in [1.165, 1.54) is 0 Å². The van der Waals surface area contributed by atoms with Crippen LogP contribution in [-0.2, 0) is 25.2 Å². The molecule has 6 N–H and O–H groups in total. The van der Waals surface area contributed by atoms with Gasteiger partial charge in [-0.1, -0.05) is 0 Å². The first-order chi connectivity index (χ1) is 15.0. The highest BCUT2D eigenvalue weighted by Crippen LogP contribution is 2.29. The first-order valence-corrected chi connectivity index (χ1v) is 9.35. The van der Waals surface area contributed by atoms with Gasteiger partial charge in [-0.05, 0) is 6.42 Å². The Hall–Kier alpha value is -2.30. The van der Waals surface area contributed by atoms with Gasteiger partial charge in [-0.15, -0.1) is 0 Å². The second-order valence-electron chi connectivity index (χ2n) is 6.29. The molecule has 1 aliphatic heterocycles. The lowest BCUT2D eigenvalue weighted by molar-refractivity contribution is -0.147. The molecule has 0 radical (unpaired) electrons. The minimum atomic E-state index is -4.65. The molecule has 3 atom stereocenters. The van der Waals surface area contributed by atoms with Crippen molar-refractivity contribution >= 4 is 11.9 Å². The zero-order valence-electron chi connectivity index (χ0n) is 16.9. The Morgan fingerprint density at radius 2 is 1.84 bits per heavy atom. The zero-order valence-corrected chi connectivity index (χ0v) is 16.9. The Bertz CT molecular complexity index is 697. The Morgan fingerprint density at radius 3 is 2.44 bits per heavy atom. The maximum absolute atomic E-state index is 12.5. The third-order valence-electron chi connectivity index (χ3n) is 3.79. The van der Waals surface area contributed by atoms with Crippen LogP contribution in [0.3, 0.4) is 0 Å². The van der Waals surface area contributed by atoms with Crippen LogP contribution in [0.2, 0.25) is 0 Å². The second kappa shape index (κ2) is 14.0. The molecule has 1 aromatic heterocycles. The quantitative estimate of drug-likeness (QED) is 0.263. The molecule has 12 nitrogen and oxygen atoms in total. The summed E-state index contributed by atoms with van der Waals surface area (Å²) in [4.78, 5) is 16.7. The number of nitrogens with zero attached hydrogens (tertiary/aromatic N) is 2. The number of rotatable bonds is 10. The molecule has 1 aromatic rings. The topological polar surface area (TPSA) is 187 Å². The lowest BCUT2D eigenvalue weighted by atomic mass is 10.0. The molecule has 184 valence electrons. The van der Waals surface area contributed by atoms with Crippen LogP contribution in [0.1, 0.15) is 12.1 Å². The van der Waals surface area contributed by atoms with E-state index in [0.29, 0.717) is 19.1 Å². The number of nitrogen functional groups attached to an aromatic ring is 1. The van der Waals surface area contributed by atoms with Crippen molar-refractivity contribution in [1.29, 1.82) is 0 Å². The number of carboxylic acid groups (broad SMARTS) is 1. The van der Waals surface area contributed by atoms with E-state index in [2.05, 4.69) is 9.97 Å². The summed E-state index contributed by atoms with van der Waals surface area (Å²) in [7, 11) is 0. The van der Waals surface area contributed by atoms with Crippen LogP contribution < -0.4 is 10.5 Å². The predicted octanol–water partition coefficient (Wildman–Crippen LogP) is -0.936. The van der Waals surface area contributed by atoms with Gasteiger partial charge >= 0.3 is 12.1 Å².